The van der Waals surface area contributed by atoms with E-state index in [9.17, 15) is 9.59 Å². The van der Waals surface area contributed by atoms with E-state index in [1.165, 1.54) is 0 Å². The van der Waals surface area contributed by atoms with Crippen molar-refractivity contribution in [3.63, 3.8) is 0 Å². The topological polar surface area (TPSA) is 71.8 Å². The van der Waals surface area contributed by atoms with Gasteiger partial charge in [0.25, 0.3) is 0 Å². The molecule has 26 heavy (non-hydrogen) atoms. The summed E-state index contributed by atoms with van der Waals surface area (Å²) in [5.74, 6) is 0.260. The van der Waals surface area contributed by atoms with Gasteiger partial charge in [-0.1, -0.05) is 36.4 Å². The molecular formula is C20H22N2O4. The van der Waals surface area contributed by atoms with Crippen molar-refractivity contribution in [2.45, 2.75) is 25.6 Å². The van der Waals surface area contributed by atoms with Gasteiger partial charge in [0.05, 0.1) is 12.2 Å². The van der Waals surface area contributed by atoms with Gasteiger partial charge < -0.3 is 19.4 Å². The van der Waals surface area contributed by atoms with Gasteiger partial charge in [0.15, 0.2) is 0 Å². The van der Waals surface area contributed by atoms with Gasteiger partial charge >= 0.3 is 6.09 Å². The number of rotatable bonds is 7. The molecule has 2 heterocycles. The van der Waals surface area contributed by atoms with Gasteiger partial charge in [-0.15, -0.1) is 6.58 Å². The number of β-lactam (4-membered cyclic amide) rings is 1. The molecule has 6 heteroatoms. The molecule has 1 N–H and O–H groups in total. The average Bonchev–Trinajstić information content (AvgIpc) is 3.16. The predicted molar refractivity (Wildman–Crippen MR) is 96.1 cm³/mol. The summed E-state index contributed by atoms with van der Waals surface area (Å²) in [4.78, 5) is 26.3. The molecular weight excluding hydrogens is 332 g/mol. The van der Waals surface area contributed by atoms with Crippen LogP contribution in [0.3, 0.4) is 0 Å². The number of alkyl carbamates (subject to hydrolysis) is 1. The molecule has 3 atom stereocenters. The van der Waals surface area contributed by atoms with E-state index in [4.69, 9.17) is 9.15 Å². The van der Waals surface area contributed by atoms with Gasteiger partial charge in [0, 0.05) is 12.6 Å². The van der Waals surface area contributed by atoms with Crippen molar-refractivity contribution in [2.24, 2.45) is 5.92 Å². The number of furan rings is 1. The Bertz CT molecular complexity index is 757. The van der Waals surface area contributed by atoms with Crippen molar-refractivity contribution >= 4 is 12.0 Å². The molecule has 2 amide bonds. The lowest BCUT2D eigenvalue weighted by Crippen LogP contribution is -2.61. The van der Waals surface area contributed by atoms with Crippen LogP contribution in [0.5, 0.6) is 0 Å². The number of hydrogen-bond acceptors (Lipinski definition) is 4. The molecule has 2 aromatic rings. The predicted octanol–water partition coefficient (Wildman–Crippen LogP) is 3.28. The van der Waals surface area contributed by atoms with Crippen LogP contribution in [0, 0.1) is 5.92 Å². The largest absolute Gasteiger partial charge is 0.467 e. The molecule has 3 unspecified atom stereocenters. The summed E-state index contributed by atoms with van der Waals surface area (Å²) in [6.45, 7) is 6.11. The third-order valence-electron chi connectivity index (χ3n) is 4.50. The van der Waals surface area contributed by atoms with E-state index in [0.29, 0.717) is 12.3 Å². The molecule has 3 rings (SSSR count). The second-order valence-electron chi connectivity index (χ2n) is 6.26. The van der Waals surface area contributed by atoms with Gasteiger partial charge in [-0.05, 0) is 24.6 Å². The summed E-state index contributed by atoms with van der Waals surface area (Å²) in [5.41, 5.74) is 0.903. The van der Waals surface area contributed by atoms with Crippen LogP contribution in [0.4, 0.5) is 4.79 Å². The number of carbonyl (C=O) groups excluding carboxylic acids is 2. The number of nitrogens with one attached hydrogen (secondary N) is 1. The number of ether oxygens (including phenoxy) is 1. The van der Waals surface area contributed by atoms with Crippen LogP contribution < -0.4 is 5.32 Å². The third kappa shape index (κ3) is 3.64. The van der Waals surface area contributed by atoms with Crippen molar-refractivity contribution in [3.05, 3.63) is 72.7 Å². The summed E-state index contributed by atoms with van der Waals surface area (Å²) in [6, 6.07) is 12.4. The minimum atomic E-state index is -0.547. The van der Waals surface area contributed by atoms with Gasteiger partial charge in [-0.2, -0.15) is 0 Å². The first-order valence-electron chi connectivity index (χ1n) is 8.54. The fraction of sp³-hybridized carbons (Fsp3) is 0.300. The quantitative estimate of drug-likeness (QED) is 0.612. The Hall–Kier alpha value is -3.02. The Labute approximate surface area is 152 Å². The zero-order chi connectivity index (χ0) is 18.5. The molecule has 136 valence electrons. The minimum Gasteiger partial charge on any atom is -0.467 e. The standard InChI is InChI=1S/C20H22N2O4/c1-3-11-22-18(16-10-7-12-25-16)17(19(22)23)14(2)21-20(24)26-13-15-8-5-4-6-9-15/h3-10,12,14,17-18H,1,11,13H2,2H3,(H,21,24). The zero-order valence-corrected chi connectivity index (χ0v) is 14.6. The monoisotopic (exact) mass is 354 g/mol. The second-order valence-corrected chi connectivity index (χ2v) is 6.26. The molecule has 1 aliphatic heterocycles. The third-order valence-corrected chi connectivity index (χ3v) is 4.50. The van der Waals surface area contributed by atoms with Gasteiger partial charge in [-0.3, -0.25) is 4.79 Å². The maximum absolute atomic E-state index is 12.5. The highest BCUT2D eigenvalue weighted by Gasteiger charge is 2.51. The minimum absolute atomic E-state index is 0.0397. The van der Waals surface area contributed by atoms with E-state index < -0.39 is 12.0 Å². The normalized spacial score (nSPS) is 20.2. The number of benzene rings is 1. The van der Waals surface area contributed by atoms with Crippen LogP contribution in [-0.4, -0.2) is 29.5 Å². The summed E-state index contributed by atoms with van der Waals surface area (Å²) in [6.07, 6.45) is 2.71. The van der Waals surface area contributed by atoms with Gasteiger partial charge in [0.1, 0.15) is 18.4 Å². The summed E-state index contributed by atoms with van der Waals surface area (Å²) in [5, 5.41) is 2.76. The first kappa shape index (κ1) is 17.8. The van der Waals surface area contributed by atoms with Crippen LogP contribution in [0.1, 0.15) is 24.3 Å². The second kappa shape index (κ2) is 7.91. The summed E-state index contributed by atoms with van der Waals surface area (Å²) in [7, 11) is 0. The maximum atomic E-state index is 12.5. The van der Waals surface area contributed by atoms with Crippen LogP contribution in [0.25, 0.3) is 0 Å². The lowest BCUT2D eigenvalue weighted by Gasteiger charge is -2.48. The molecule has 1 aromatic heterocycles. The molecule has 0 bridgehead atoms. The highest BCUT2D eigenvalue weighted by atomic mass is 16.5. The first-order chi connectivity index (χ1) is 12.6. The number of hydrogen-bond donors (Lipinski definition) is 1. The fourth-order valence-corrected chi connectivity index (χ4v) is 3.24. The number of carbonyl (C=O) groups is 2. The molecule has 0 aliphatic carbocycles. The van der Waals surface area contributed by atoms with E-state index in [2.05, 4.69) is 11.9 Å². The zero-order valence-electron chi connectivity index (χ0n) is 14.6. The Morgan fingerprint density at radius 2 is 2.12 bits per heavy atom. The molecule has 0 spiro atoms. The lowest BCUT2D eigenvalue weighted by molar-refractivity contribution is -0.158. The van der Waals surface area contributed by atoms with E-state index in [-0.39, 0.29) is 24.6 Å². The summed E-state index contributed by atoms with van der Waals surface area (Å²) < 4.78 is 10.7. The molecule has 1 aliphatic rings. The molecule has 1 aromatic carbocycles. The Morgan fingerprint density at radius 3 is 2.77 bits per heavy atom. The summed E-state index contributed by atoms with van der Waals surface area (Å²) >= 11 is 0. The van der Waals surface area contributed by atoms with Gasteiger partial charge in [0.2, 0.25) is 5.91 Å². The van der Waals surface area contributed by atoms with Crippen LogP contribution in [-0.2, 0) is 16.1 Å². The van der Waals surface area contributed by atoms with Crippen molar-refractivity contribution < 1.29 is 18.7 Å². The lowest BCUT2D eigenvalue weighted by atomic mass is 9.80. The smallest absolute Gasteiger partial charge is 0.407 e. The van der Waals surface area contributed by atoms with Crippen molar-refractivity contribution in [3.8, 4) is 0 Å². The number of amides is 2. The van der Waals surface area contributed by atoms with Crippen molar-refractivity contribution in [1.82, 2.24) is 10.2 Å². The van der Waals surface area contributed by atoms with E-state index in [0.717, 1.165) is 5.56 Å². The van der Waals surface area contributed by atoms with E-state index in [1.807, 2.05) is 36.4 Å². The Balaban J connectivity index is 1.60. The van der Waals surface area contributed by atoms with Crippen molar-refractivity contribution in [2.75, 3.05) is 6.54 Å². The Kier molecular flexibility index (Phi) is 5.41. The van der Waals surface area contributed by atoms with Crippen LogP contribution in [0.15, 0.2) is 65.8 Å². The van der Waals surface area contributed by atoms with Gasteiger partial charge in [-0.25, -0.2) is 4.79 Å². The van der Waals surface area contributed by atoms with E-state index >= 15 is 0 Å². The van der Waals surface area contributed by atoms with Crippen molar-refractivity contribution in [1.29, 1.82) is 0 Å². The molecule has 1 saturated heterocycles. The number of likely N-dealkylation sites (tertiary alicyclic amines) is 1. The molecule has 0 radical (unpaired) electrons. The van der Waals surface area contributed by atoms with E-state index in [1.54, 1.807) is 30.2 Å². The molecule has 0 saturated carbocycles. The Morgan fingerprint density at radius 1 is 1.35 bits per heavy atom. The molecule has 6 nitrogen and oxygen atoms in total. The first-order valence-corrected chi connectivity index (χ1v) is 8.54. The van der Waals surface area contributed by atoms with Crippen LogP contribution in [0.2, 0.25) is 0 Å². The number of nitrogens with zero attached hydrogens (tertiary/aromatic N) is 1. The average molecular weight is 354 g/mol. The van der Waals surface area contributed by atoms with Crippen LogP contribution >= 0.6 is 0 Å². The fourth-order valence-electron chi connectivity index (χ4n) is 3.24. The SMILES string of the molecule is C=CCN1C(=O)C(C(C)NC(=O)OCc2ccccc2)C1c1ccco1. The molecule has 1 fully saturated rings. The highest BCUT2D eigenvalue weighted by Crippen LogP contribution is 2.42. The maximum Gasteiger partial charge on any atom is 0.407 e. The highest BCUT2D eigenvalue weighted by molar-refractivity contribution is 5.87.